The predicted octanol–water partition coefficient (Wildman–Crippen LogP) is 15.6. The molecule has 2 heteroatoms. The van der Waals surface area contributed by atoms with Crippen molar-refractivity contribution >= 4 is 17.5 Å². The maximum Gasteiger partial charge on any atom is 0.126 e. The smallest absolute Gasteiger partial charge is 0.126 e. The Morgan fingerprint density at radius 2 is 0.423 bits per heavy atom. The molecule has 0 saturated heterocycles. The van der Waals surface area contributed by atoms with Crippen LogP contribution in [0.15, 0.2) is 109 Å². The van der Waals surface area contributed by atoms with Crippen LogP contribution in [-0.2, 0) is 4.79 Å². The average Bonchev–Trinajstić information content (AvgIpc) is 3.04. The molecular weight excluding hydrogens is 649 g/mol. The number of carbonyl (C=O) groups excluding carboxylic acids is 1. The van der Waals surface area contributed by atoms with Gasteiger partial charge < -0.3 is 4.79 Å². The van der Waals surface area contributed by atoms with E-state index in [1.54, 1.807) is 11.8 Å². The van der Waals surface area contributed by atoms with E-state index >= 15 is 0 Å². The highest BCUT2D eigenvalue weighted by Gasteiger charge is 1.95. The molecule has 0 N–H and O–H groups in total. The molecule has 0 aliphatic carbocycles. The van der Waals surface area contributed by atoms with Crippen molar-refractivity contribution in [3.8, 4) is 0 Å². The van der Waals surface area contributed by atoms with Crippen LogP contribution in [0.2, 0.25) is 0 Å². The third kappa shape index (κ3) is 29.8. The number of aryl methyl sites for hydroxylation is 12. The highest BCUT2D eigenvalue weighted by atomic mass is 32.2. The van der Waals surface area contributed by atoms with Gasteiger partial charge in [-0.15, -0.1) is 0 Å². The zero-order valence-electron chi connectivity index (χ0n) is 33.7. The normalized spacial score (nSPS) is 8.46. The molecule has 5 rings (SSSR count). The molecule has 0 amide bonds. The Balaban J connectivity index is -0.000000167. The average molecular weight is 727 g/mol. The Morgan fingerprint density at radius 1 is 0.327 bits per heavy atom. The molecule has 52 heavy (non-hydrogen) atoms. The van der Waals surface area contributed by atoms with Crippen LogP contribution >= 0.6 is 11.8 Å². The summed E-state index contributed by atoms with van der Waals surface area (Å²) in [5, 5.41) is 0. The molecule has 0 fully saturated rings. The number of ketones is 1. The number of Topliss-reactive ketones (excluding diaryl/α,β-unsaturated/α-hetero) is 1. The van der Waals surface area contributed by atoms with Gasteiger partial charge in [-0.3, -0.25) is 0 Å². The third-order valence-corrected chi connectivity index (χ3v) is 7.81. The molecular formula is C50H78OS. The van der Waals surface area contributed by atoms with E-state index in [1.807, 2.05) is 12.5 Å². The van der Waals surface area contributed by atoms with Gasteiger partial charge in [-0.1, -0.05) is 131 Å². The standard InChI is InChI=1S/C10H14.4C8H10.C3H6O.C2H6S.3CH4/c1-7-5-9(3)10(4)6-8(7)2;4*1-7-5-3-4-6-8(7)2;1-3(2)4;1-3-2;;;/h5-6H,1-4H3;4*3-6H,1-2H3;1-2H3;1-2H3;3*1H4. The first-order valence-corrected chi connectivity index (χ1v) is 18.6. The van der Waals surface area contributed by atoms with Crippen molar-refractivity contribution in [1.82, 2.24) is 0 Å². The second-order valence-electron chi connectivity index (χ2n) is 12.7. The summed E-state index contributed by atoms with van der Waals surface area (Å²) >= 11 is 1.75. The van der Waals surface area contributed by atoms with E-state index in [2.05, 4.69) is 192 Å². The Labute approximate surface area is 328 Å². The Hall–Kier alpha value is -3.88. The monoisotopic (exact) mass is 727 g/mol. The number of thioether (sulfide) groups is 1. The first-order valence-electron chi connectivity index (χ1n) is 17.0. The van der Waals surface area contributed by atoms with Crippen LogP contribution in [-0.4, -0.2) is 18.3 Å². The molecule has 0 atom stereocenters. The van der Waals surface area contributed by atoms with E-state index in [4.69, 9.17) is 0 Å². The van der Waals surface area contributed by atoms with E-state index in [9.17, 15) is 4.79 Å². The molecule has 1 nitrogen and oxygen atoms in total. The molecule has 0 heterocycles. The van der Waals surface area contributed by atoms with Crippen molar-refractivity contribution in [2.45, 2.75) is 119 Å². The summed E-state index contributed by atoms with van der Waals surface area (Å²) in [6.45, 7) is 28.6. The molecule has 290 valence electrons. The molecule has 0 bridgehead atoms. The Kier molecular flexibility index (Phi) is 37.8. The predicted molar refractivity (Wildman–Crippen MR) is 245 cm³/mol. The van der Waals surface area contributed by atoms with Crippen LogP contribution in [0.5, 0.6) is 0 Å². The summed E-state index contributed by atoms with van der Waals surface area (Å²) in [5.41, 5.74) is 16.5. The summed E-state index contributed by atoms with van der Waals surface area (Å²) in [7, 11) is 0. The van der Waals surface area contributed by atoms with E-state index in [-0.39, 0.29) is 28.1 Å². The van der Waals surface area contributed by atoms with Gasteiger partial charge in [0, 0.05) is 0 Å². The van der Waals surface area contributed by atoms with Gasteiger partial charge in [-0.05, 0) is 176 Å². The fraction of sp³-hybridized carbons (Fsp3) is 0.380. The number of hydrogen-bond acceptors (Lipinski definition) is 2. The van der Waals surface area contributed by atoms with Crippen molar-refractivity contribution < 1.29 is 4.79 Å². The van der Waals surface area contributed by atoms with E-state index in [0.29, 0.717) is 0 Å². The third-order valence-electron chi connectivity index (χ3n) is 7.81. The molecule has 0 aliphatic rings. The van der Waals surface area contributed by atoms with E-state index < -0.39 is 0 Å². The topological polar surface area (TPSA) is 17.1 Å². The minimum atomic E-state index is 0. The maximum atomic E-state index is 9.44. The highest BCUT2D eigenvalue weighted by Crippen LogP contribution is 2.13. The first-order chi connectivity index (χ1) is 23.0. The van der Waals surface area contributed by atoms with Crippen molar-refractivity contribution in [1.29, 1.82) is 0 Å². The summed E-state index contributed by atoms with van der Waals surface area (Å²) in [5.74, 6) is 0.167. The maximum absolute atomic E-state index is 9.44. The van der Waals surface area contributed by atoms with Crippen LogP contribution in [0.1, 0.15) is 103 Å². The van der Waals surface area contributed by atoms with Crippen LogP contribution in [0.3, 0.4) is 0 Å². The lowest BCUT2D eigenvalue weighted by Crippen LogP contribution is -1.86. The Bertz CT molecular complexity index is 1300. The summed E-state index contributed by atoms with van der Waals surface area (Å²) in [6.07, 6.45) is 4.08. The largest absolute Gasteiger partial charge is 0.300 e. The fourth-order valence-electron chi connectivity index (χ4n) is 3.76. The van der Waals surface area contributed by atoms with Crippen molar-refractivity contribution in [2.24, 2.45) is 0 Å². The molecule has 0 aromatic heterocycles. The molecule has 0 aliphatic heterocycles. The molecule has 5 aromatic carbocycles. The zero-order valence-corrected chi connectivity index (χ0v) is 34.5. The van der Waals surface area contributed by atoms with Gasteiger partial charge >= 0.3 is 0 Å². The summed E-state index contributed by atoms with van der Waals surface area (Å²) in [4.78, 5) is 9.44. The van der Waals surface area contributed by atoms with Gasteiger partial charge in [0.25, 0.3) is 0 Å². The Morgan fingerprint density at radius 3 is 0.500 bits per heavy atom. The molecule has 0 saturated carbocycles. The lowest BCUT2D eigenvalue weighted by atomic mass is 10.0. The molecule has 5 aromatic rings. The number of hydrogen-bond donors (Lipinski definition) is 0. The minimum absolute atomic E-state index is 0. The quantitative estimate of drug-likeness (QED) is 0.158. The van der Waals surface area contributed by atoms with Gasteiger partial charge in [-0.2, -0.15) is 11.8 Å². The summed E-state index contributed by atoms with van der Waals surface area (Å²) in [6, 6.07) is 37.9. The molecule has 0 spiro atoms. The zero-order chi connectivity index (χ0) is 37.9. The summed E-state index contributed by atoms with van der Waals surface area (Å²) < 4.78 is 0. The van der Waals surface area contributed by atoms with Crippen LogP contribution < -0.4 is 0 Å². The van der Waals surface area contributed by atoms with Crippen LogP contribution in [0, 0.1) is 83.1 Å². The molecule has 0 unspecified atom stereocenters. The van der Waals surface area contributed by atoms with Gasteiger partial charge in [0.2, 0.25) is 0 Å². The molecule has 0 radical (unpaired) electrons. The highest BCUT2D eigenvalue weighted by molar-refractivity contribution is 7.97. The van der Waals surface area contributed by atoms with Crippen molar-refractivity contribution in [3.63, 3.8) is 0 Å². The number of benzene rings is 5. The lowest BCUT2D eigenvalue weighted by Gasteiger charge is -2.04. The SMILES string of the molecule is C.C.C.CC(C)=O.CSC.Cc1cc(C)c(C)cc1C.Cc1ccccc1C.Cc1ccccc1C.Cc1ccccc1C.Cc1ccccc1C. The second-order valence-corrected chi connectivity index (χ2v) is 13.5. The number of carbonyl (C=O) groups is 1. The van der Waals surface area contributed by atoms with Crippen LogP contribution in [0.4, 0.5) is 0 Å². The minimum Gasteiger partial charge on any atom is -0.300 e. The van der Waals surface area contributed by atoms with Crippen molar-refractivity contribution in [3.05, 3.63) is 176 Å². The fourth-order valence-corrected chi connectivity index (χ4v) is 3.76. The van der Waals surface area contributed by atoms with Gasteiger partial charge in [0.1, 0.15) is 5.78 Å². The lowest BCUT2D eigenvalue weighted by molar-refractivity contribution is -0.115. The van der Waals surface area contributed by atoms with E-state index in [1.165, 1.54) is 80.6 Å². The second kappa shape index (κ2) is 34.2. The van der Waals surface area contributed by atoms with Gasteiger partial charge in [0.05, 0.1) is 0 Å². The van der Waals surface area contributed by atoms with E-state index in [0.717, 1.165) is 0 Å². The number of rotatable bonds is 0. The van der Waals surface area contributed by atoms with Crippen LogP contribution in [0.25, 0.3) is 0 Å². The first kappa shape index (κ1) is 57.5. The van der Waals surface area contributed by atoms with Crippen molar-refractivity contribution in [2.75, 3.05) is 12.5 Å². The van der Waals surface area contributed by atoms with Gasteiger partial charge in [-0.25, -0.2) is 0 Å². The van der Waals surface area contributed by atoms with Gasteiger partial charge in [0.15, 0.2) is 0 Å².